The van der Waals surface area contributed by atoms with Crippen molar-refractivity contribution in [3.05, 3.63) is 29.3 Å². The molecule has 1 atom stereocenters. The summed E-state index contributed by atoms with van der Waals surface area (Å²) in [4.78, 5) is 14.2. The molecule has 1 fully saturated rings. The number of carbonyl (C=O) groups is 1. The lowest BCUT2D eigenvalue weighted by molar-refractivity contribution is -0.123. The van der Waals surface area contributed by atoms with E-state index in [4.69, 9.17) is 9.47 Å². The van der Waals surface area contributed by atoms with Crippen LogP contribution in [-0.2, 0) is 9.53 Å². The van der Waals surface area contributed by atoms with Crippen LogP contribution in [0.15, 0.2) is 18.2 Å². The first-order chi connectivity index (χ1) is 10.6. The third kappa shape index (κ3) is 5.00. The fourth-order valence-electron chi connectivity index (χ4n) is 2.56. The SMILES string of the molecule is Cc1ccc(OCC(=O)NCC(C)N2CCOCC2)c(C)c1. The van der Waals surface area contributed by atoms with Crippen LogP contribution < -0.4 is 10.1 Å². The lowest BCUT2D eigenvalue weighted by Crippen LogP contribution is -2.47. The monoisotopic (exact) mass is 306 g/mol. The standard InChI is InChI=1S/C17H26N2O3/c1-13-4-5-16(14(2)10-13)22-12-17(20)18-11-15(3)19-6-8-21-9-7-19/h4-5,10,15H,6-9,11-12H2,1-3H3,(H,18,20). The van der Waals surface area contributed by atoms with Crippen LogP contribution in [0.1, 0.15) is 18.1 Å². The third-order valence-electron chi connectivity index (χ3n) is 3.95. The Kier molecular flexibility index (Phi) is 6.21. The summed E-state index contributed by atoms with van der Waals surface area (Å²) in [6, 6.07) is 6.26. The molecule has 5 heteroatoms. The summed E-state index contributed by atoms with van der Waals surface area (Å²) in [5, 5.41) is 2.93. The van der Waals surface area contributed by atoms with Gasteiger partial charge in [0.15, 0.2) is 6.61 Å². The van der Waals surface area contributed by atoms with Gasteiger partial charge in [0.2, 0.25) is 0 Å². The van der Waals surface area contributed by atoms with E-state index < -0.39 is 0 Å². The van der Waals surface area contributed by atoms with Gasteiger partial charge in [0.25, 0.3) is 5.91 Å². The van der Waals surface area contributed by atoms with Gasteiger partial charge < -0.3 is 14.8 Å². The van der Waals surface area contributed by atoms with Gasteiger partial charge in [0.05, 0.1) is 13.2 Å². The van der Waals surface area contributed by atoms with Crippen LogP contribution in [0, 0.1) is 13.8 Å². The Balaban J connectivity index is 1.71. The molecule has 22 heavy (non-hydrogen) atoms. The van der Waals surface area contributed by atoms with Crippen molar-refractivity contribution in [3.63, 3.8) is 0 Å². The van der Waals surface area contributed by atoms with Crippen molar-refractivity contribution >= 4 is 5.91 Å². The number of morpholine rings is 1. The molecule has 1 aliphatic rings. The molecule has 1 aromatic carbocycles. The number of hydrogen-bond acceptors (Lipinski definition) is 4. The van der Waals surface area contributed by atoms with E-state index in [1.807, 2.05) is 32.0 Å². The number of nitrogens with one attached hydrogen (secondary N) is 1. The summed E-state index contributed by atoms with van der Waals surface area (Å²) < 4.78 is 10.9. The van der Waals surface area contributed by atoms with E-state index >= 15 is 0 Å². The highest BCUT2D eigenvalue weighted by atomic mass is 16.5. The topological polar surface area (TPSA) is 50.8 Å². The minimum absolute atomic E-state index is 0.0553. The fourth-order valence-corrected chi connectivity index (χ4v) is 2.56. The second-order valence-electron chi connectivity index (χ2n) is 5.86. The van der Waals surface area contributed by atoms with E-state index in [1.54, 1.807) is 0 Å². The molecule has 0 spiro atoms. The molecule has 1 aromatic rings. The number of hydrogen-bond donors (Lipinski definition) is 1. The van der Waals surface area contributed by atoms with Crippen LogP contribution in [0.5, 0.6) is 5.75 Å². The molecule has 2 rings (SSSR count). The fraction of sp³-hybridized carbons (Fsp3) is 0.588. The van der Waals surface area contributed by atoms with Crippen LogP contribution in [-0.4, -0.2) is 56.3 Å². The first-order valence-electron chi connectivity index (χ1n) is 7.85. The molecule has 1 unspecified atom stereocenters. The summed E-state index contributed by atoms with van der Waals surface area (Å²) >= 11 is 0. The lowest BCUT2D eigenvalue weighted by Gasteiger charge is -2.32. The summed E-state index contributed by atoms with van der Waals surface area (Å²) in [5.74, 6) is 0.682. The number of nitrogens with zero attached hydrogens (tertiary/aromatic N) is 1. The van der Waals surface area contributed by atoms with Gasteiger partial charge in [0.1, 0.15) is 5.75 Å². The molecule has 1 amide bonds. The van der Waals surface area contributed by atoms with Crippen molar-refractivity contribution in [1.29, 1.82) is 0 Å². The van der Waals surface area contributed by atoms with Gasteiger partial charge in [-0.1, -0.05) is 17.7 Å². The van der Waals surface area contributed by atoms with Gasteiger partial charge in [-0.25, -0.2) is 0 Å². The summed E-state index contributed by atoms with van der Waals surface area (Å²) in [7, 11) is 0. The normalized spacial score (nSPS) is 17.0. The zero-order valence-corrected chi connectivity index (χ0v) is 13.7. The van der Waals surface area contributed by atoms with Gasteiger partial charge in [-0.15, -0.1) is 0 Å². The molecule has 122 valence electrons. The molecule has 1 saturated heterocycles. The van der Waals surface area contributed by atoms with E-state index in [0.29, 0.717) is 12.6 Å². The molecule has 0 saturated carbocycles. The maximum Gasteiger partial charge on any atom is 0.257 e. The van der Waals surface area contributed by atoms with Crippen LogP contribution >= 0.6 is 0 Å². The highest BCUT2D eigenvalue weighted by Gasteiger charge is 2.17. The van der Waals surface area contributed by atoms with E-state index in [0.717, 1.165) is 37.6 Å². The first-order valence-corrected chi connectivity index (χ1v) is 7.85. The quantitative estimate of drug-likeness (QED) is 0.866. The second-order valence-corrected chi connectivity index (χ2v) is 5.86. The number of rotatable bonds is 6. The summed E-state index contributed by atoms with van der Waals surface area (Å²) in [6.45, 7) is 10.2. The number of benzene rings is 1. The Morgan fingerprint density at radius 3 is 2.77 bits per heavy atom. The Labute approximate surface area is 132 Å². The summed E-state index contributed by atoms with van der Waals surface area (Å²) in [5.41, 5.74) is 2.24. The third-order valence-corrected chi connectivity index (χ3v) is 3.95. The van der Waals surface area contributed by atoms with E-state index in [-0.39, 0.29) is 12.5 Å². The molecule has 0 aromatic heterocycles. The second kappa shape index (κ2) is 8.15. The molecular formula is C17H26N2O3. The van der Waals surface area contributed by atoms with Crippen molar-refractivity contribution in [3.8, 4) is 5.75 Å². The number of carbonyl (C=O) groups excluding carboxylic acids is 1. The predicted octanol–water partition coefficient (Wildman–Crippen LogP) is 1.52. The predicted molar refractivity (Wildman–Crippen MR) is 86.3 cm³/mol. The molecular weight excluding hydrogens is 280 g/mol. The maximum atomic E-state index is 11.9. The Morgan fingerprint density at radius 1 is 1.36 bits per heavy atom. The number of ether oxygens (including phenoxy) is 2. The van der Waals surface area contributed by atoms with Gasteiger partial charge >= 0.3 is 0 Å². The highest BCUT2D eigenvalue weighted by Crippen LogP contribution is 2.18. The van der Waals surface area contributed by atoms with Gasteiger partial charge in [-0.2, -0.15) is 0 Å². The average Bonchev–Trinajstić information content (AvgIpc) is 2.52. The molecule has 0 bridgehead atoms. The largest absolute Gasteiger partial charge is 0.484 e. The van der Waals surface area contributed by atoms with Crippen LogP contribution in [0.4, 0.5) is 0 Å². The number of amides is 1. The Morgan fingerprint density at radius 2 is 2.09 bits per heavy atom. The van der Waals surface area contributed by atoms with Crippen molar-refractivity contribution in [2.24, 2.45) is 0 Å². The molecule has 0 aliphatic carbocycles. The van der Waals surface area contributed by atoms with Crippen molar-refractivity contribution in [2.75, 3.05) is 39.5 Å². The van der Waals surface area contributed by atoms with Crippen molar-refractivity contribution < 1.29 is 14.3 Å². The minimum Gasteiger partial charge on any atom is -0.484 e. The van der Waals surface area contributed by atoms with E-state index in [2.05, 4.69) is 17.1 Å². The Bertz CT molecular complexity index is 499. The summed E-state index contributed by atoms with van der Waals surface area (Å²) in [6.07, 6.45) is 0. The Hall–Kier alpha value is -1.59. The van der Waals surface area contributed by atoms with Crippen LogP contribution in [0.3, 0.4) is 0 Å². The molecule has 0 radical (unpaired) electrons. The molecule has 1 aliphatic heterocycles. The van der Waals surface area contributed by atoms with Gasteiger partial charge in [0, 0.05) is 25.7 Å². The maximum absolute atomic E-state index is 11.9. The molecule has 5 nitrogen and oxygen atoms in total. The first kappa shape index (κ1) is 16.8. The lowest BCUT2D eigenvalue weighted by atomic mass is 10.1. The average molecular weight is 306 g/mol. The number of aryl methyl sites for hydroxylation is 2. The van der Waals surface area contributed by atoms with Crippen molar-refractivity contribution in [2.45, 2.75) is 26.8 Å². The van der Waals surface area contributed by atoms with Crippen LogP contribution in [0.25, 0.3) is 0 Å². The van der Waals surface area contributed by atoms with Crippen LogP contribution in [0.2, 0.25) is 0 Å². The minimum atomic E-state index is -0.0833. The van der Waals surface area contributed by atoms with Gasteiger partial charge in [-0.05, 0) is 32.4 Å². The smallest absolute Gasteiger partial charge is 0.257 e. The zero-order valence-electron chi connectivity index (χ0n) is 13.7. The van der Waals surface area contributed by atoms with E-state index in [1.165, 1.54) is 5.56 Å². The van der Waals surface area contributed by atoms with Gasteiger partial charge in [-0.3, -0.25) is 9.69 Å². The highest BCUT2D eigenvalue weighted by molar-refractivity contribution is 5.77. The van der Waals surface area contributed by atoms with Crippen molar-refractivity contribution in [1.82, 2.24) is 10.2 Å². The van der Waals surface area contributed by atoms with E-state index in [9.17, 15) is 4.79 Å². The molecule has 1 heterocycles. The zero-order chi connectivity index (χ0) is 15.9. The molecule has 1 N–H and O–H groups in total.